The van der Waals surface area contributed by atoms with Gasteiger partial charge in [0.1, 0.15) is 0 Å². The molecule has 0 saturated carbocycles. The number of hydrogen-bond acceptors (Lipinski definition) is 2. The fraction of sp³-hybridized carbons (Fsp3) is 0.667. The summed E-state index contributed by atoms with van der Waals surface area (Å²) in [5.41, 5.74) is 1.34. The Balaban J connectivity index is 0. The second-order valence-corrected chi connectivity index (χ2v) is 1.83. The summed E-state index contributed by atoms with van der Waals surface area (Å²) in [7, 11) is 0. The van der Waals surface area contributed by atoms with Crippen LogP contribution in [0.15, 0.2) is 11.6 Å². The minimum atomic E-state index is 0.863. The summed E-state index contributed by atoms with van der Waals surface area (Å²) in [6.07, 6.45) is 3.77. The SMILES string of the molecule is CC(C)=CCS.CS. The molecule has 0 saturated heterocycles. The first-order valence-electron chi connectivity index (χ1n) is 2.46. The van der Waals surface area contributed by atoms with Crippen molar-refractivity contribution in [2.24, 2.45) is 0 Å². The molecule has 0 aliphatic carbocycles. The normalized spacial score (nSPS) is 6.62. The van der Waals surface area contributed by atoms with Crippen LogP contribution in [0.25, 0.3) is 0 Å². The van der Waals surface area contributed by atoms with Crippen molar-refractivity contribution in [1.82, 2.24) is 0 Å². The molecule has 0 heterocycles. The molecule has 0 aliphatic heterocycles. The molecule has 8 heavy (non-hydrogen) atoms. The average molecular weight is 150 g/mol. The van der Waals surface area contributed by atoms with Gasteiger partial charge in [0, 0.05) is 5.75 Å². The zero-order chi connectivity index (χ0) is 6.99. The monoisotopic (exact) mass is 150 g/mol. The first kappa shape index (κ1) is 11.3. The fourth-order valence-electron chi connectivity index (χ4n) is 0.183. The summed E-state index contributed by atoms with van der Waals surface area (Å²) < 4.78 is 0. The fourth-order valence-corrected chi connectivity index (χ4v) is 0.548. The Morgan fingerprint density at radius 2 is 1.75 bits per heavy atom. The van der Waals surface area contributed by atoms with E-state index in [1.54, 1.807) is 6.26 Å². The van der Waals surface area contributed by atoms with Crippen LogP contribution in [0.5, 0.6) is 0 Å². The van der Waals surface area contributed by atoms with Gasteiger partial charge >= 0.3 is 0 Å². The van der Waals surface area contributed by atoms with Crippen LogP contribution in [0.2, 0.25) is 0 Å². The van der Waals surface area contributed by atoms with Crippen LogP contribution in [-0.4, -0.2) is 12.0 Å². The molecule has 0 bridgehead atoms. The third-order valence-corrected chi connectivity index (χ3v) is 0.682. The van der Waals surface area contributed by atoms with Crippen molar-refractivity contribution in [2.75, 3.05) is 12.0 Å². The third kappa shape index (κ3) is 16.1. The van der Waals surface area contributed by atoms with Gasteiger partial charge in [-0.3, -0.25) is 0 Å². The zero-order valence-electron chi connectivity index (χ0n) is 5.68. The summed E-state index contributed by atoms with van der Waals surface area (Å²) in [6.45, 7) is 4.13. The van der Waals surface area contributed by atoms with E-state index in [1.165, 1.54) is 5.57 Å². The van der Waals surface area contributed by atoms with Gasteiger partial charge in [0.25, 0.3) is 0 Å². The van der Waals surface area contributed by atoms with E-state index in [4.69, 9.17) is 0 Å². The van der Waals surface area contributed by atoms with Gasteiger partial charge in [-0.15, -0.1) is 0 Å². The molecule has 0 N–H and O–H groups in total. The van der Waals surface area contributed by atoms with Crippen LogP contribution < -0.4 is 0 Å². The van der Waals surface area contributed by atoms with Gasteiger partial charge in [-0.2, -0.15) is 25.3 Å². The summed E-state index contributed by atoms with van der Waals surface area (Å²) >= 11 is 7.51. The molecule has 0 nitrogen and oxygen atoms in total. The van der Waals surface area contributed by atoms with E-state index in [0.717, 1.165) is 5.75 Å². The Morgan fingerprint density at radius 3 is 1.75 bits per heavy atom. The molecule has 0 spiro atoms. The van der Waals surface area contributed by atoms with Crippen molar-refractivity contribution in [3.8, 4) is 0 Å². The van der Waals surface area contributed by atoms with Gasteiger partial charge in [0.15, 0.2) is 0 Å². The minimum Gasteiger partial charge on any atom is -0.183 e. The lowest BCUT2D eigenvalue weighted by molar-refractivity contribution is 1.37. The lowest BCUT2D eigenvalue weighted by atomic mass is 10.3. The van der Waals surface area contributed by atoms with Gasteiger partial charge in [-0.1, -0.05) is 11.6 Å². The first-order valence-corrected chi connectivity index (χ1v) is 3.99. The average Bonchev–Trinajstić information content (AvgIpc) is 1.72. The molecule has 0 aliphatic rings. The molecule has 50 valence electrons. The smallest absolute Gasteiger partial charge is 0.00849 e. The quantitative estimate of drug-likeness (QED) is 0.416. The Kier molecular flexibility index (Phi) is 14.7. The highest BCUT2D eigenvalue weighted by Gasteiger charge is 1.67. The lowest BCUT2D eigenvalue weighted by Gasteiger charge is -1.79. The molecule has 0 unspecified atom stereocenters. The van der Waals surface area contributed by atoms with Crippen LogP contribution in [-0.2, 0) is 0 Å². The van der Waals surface area contributed by atoms with Crippen molar-refractivity contribution in [1.29, 1.82) is 0 Å². The van der Waals surface area contributed by atoms with Gasteiger partial charge in [-0.25, -0.2) is 0 Å². The summed E-state index contributed by atoms with van der Waals surface area (Å²) in [6, 6.07) is 0. The highest BCUT2D eigenvalue weighted by Crippen LogP contribution is 1.87. The summed E-state index contributed by atoms with van der Waals surface area (Å²) in [4.78, 5) is 0. The zero-order valence-corrected chi connectivity index (χ0v) is 7.47. The van der Waals surface area contributed by atoms with Crippen LogP contribution in [0.4, 0.5) is 0 Å². The maximum Gasteiger partial charge on any atom is 0.00849 e. The van der Waals surface area contributed by atoms with Crippen molar-refractivity contribution in [3.05, 3.63) is 11.6 Å². The minimum absolute atomic E-state index is 0.863. The molecule has 0 aromatic carbocycles. The second kappa shape index (κ2) is 10.4. The maximum absolute atomic E-state index is 3.98. The molecular formula is C6H14S2. The predicted octanol–water partition coefficient (Wildman–Crippen LogP) is 2.43. The van der Waals surface area contributed by atoms with E-state index in [-0.39, 0.29) is 0 Å². The largest absolute Gasteiger partial charge is 0.183 e. The highest BCUT2D eigenvalue weighted by molar-refractivity contribution is 7.80. The number of rotatable bonds is 1. The van der Waals surface area contributed by atoms with Crippen LogP contribution in [0, 0.1) is 0 Å². The number of allylic oxidation sites excluding steroid dienone is 1. The van der Waals surface area contributed by atoms with Crippen molar-refractivity contribution < 1.29 is 0 Å². The standard InChI is InChI=1S/C5H10S.CH4S/c1-5(2)3-4-6;1-2/h3,6H,4H2,1-2H3;2H,1H3. The highest BCUT2D eigenvalue weighted by atomic mass is 32.1. The molecule has 0 fully saturated rings. The Bertz CT molecular complexity index is 53.5. The predicted molar refractivity (Wildman–Crippen MR) is 48.2 cm³/mol. The van der Waals surface area contributed by atoms with E-state index < -0.39 is 0 Å². The van der Waals surface area contributed by atoms with Crippen molar-refractivity contribution in [3.63, 3.8) is 0 Å². The Morgan fingerprint density at radius 1 is 1.38 bits per heavy atom. The van der Waals surface area contributed by atoms with Gasteiger partial charge in [0.05, 0.1) is 0 Å². The molecular weight excluding hydrogens is 136 g/mol. The van der Waals surface area contributed by atoms with Crippen LogP contribution in [0.1, 0.15) is 13.8 Å². The Hall–Kier alpha value is 0.440. The van der Waals surface area contributed by atoms with E-state index in [9.17, 15) is 0 Å². The van der Waals surface area contributed by atoms with E-state index >= 15 is 0 Å². The molecule has 0 aromatic rings. The molecule has 0 aromatic heterocycles. The summed E-state index contributed by atoms with van der Waals surface area (Å²) in [5, 5.41) is 0. The number of thiol groups is 2. The molecule has 0 atom stereocenters. The first-order chi connectivity index (χ1) is 3.77. The van der Waals surface area contributed by atoms with Crippen LogP contribution in [0.3, 0.4) is 0 Å². The second-order valence-electron chi connectivity index (χ2n) is 1.46. The van der Waals surface area contributed by atoms with Crippen molar-refractivity contribution in [2.45, 2.75) is 13.8 Å². The van der Waals surface area contributed by atoms with E-state index in [2.05, 4.69) is 45.2 Å². The van der Waals surface area contributed by atoms with Gasteiger partial charge < -0.3 is 0 Å². The lowest BCUT2D eigenvalue weighted by Crippen LogP contribution is -1.63. The number of hydrogen-bond donors (Lipinski definition) is 2. The van der Waals surface area contributed by atoms with Gasteiger partial charge in [-0.05, 0) is 20.1 Å². The topological polar surface area (TPSA) is 0 Å². The van der Waals surface area contributed by atoms with E-state index in [1.807, 2.05) is 0 Å². The van der Waals surface area contributed by atoms with E-state index in [0.29, 0.717) is 0 Å². The summed E-state index contributed by atoms with van der Waals surface area (Å²) in [5.74, 6) is 0.863. The molecule has 0 rings (SSSR count). The Labute approximate surface area is 63.2 Å². The maximum atomic E-state index is 3.98. The molecule has 2 heteroatoms. The molecule has 0 radical (unpaired) electrons. The van der Waals surface area contributed by atoms with Crippen LogP contribution >= 0.6 is 25.3 Å². The molecule has 0 amide bonds. The van der Waals surface area contributed by atoms with Gasteiger partial charge in [0.2, 0.25) is 0 Å². The third-order valence-electron chi connectivity index (χ3n) is 0.500. The van der Waals surface area contributed by atoms with Crippen molar-refractivity contribution >= 4 is 25.3 Å².